The summed E-state index contributed by atoms with van der Waals surface area (Å²) in [6.07, 6.45) is 5.64. The summed E-state index contributed by atoms with van der Waals surface area (Å²) in [6.45, 7) is 4.35. The first-order valence-electron chi connectivity index (χ1n) is 11.4. The smallest absolute Gasteiger partial charge is 0.242 e. The standard InChI is InChI=1S/C26H33BrN2O2S/c1-19-7-6-8-22(15-19)17-32-18-25(30)29(16-21-11-13-23(27)14-12-21)20(2)26(31)28-24-9-4-3-5-10-24/h6-8,11-15,20,24H,3-5,9-10,16-18H2,1-2H3,(H,28,31)/t20-/m1/s1. The number of benzene rings is 2. The van der Waals surface area contributed by atoms with Crippen molar-refractivity contribution in [3.05, 3.63) is 69.7 Å². The van der Waals surface area contributed by atoms with E-state index in [-0.39, 0.29) is 17.9 Å². The highest BCUT2D eigenvalue weighted by atomic mass is 79.9. The highest BCUT2D eigenvalue weighted by molar-refractivity contribution is 9.10. The summed E-state index contributed by atoms with van der Waals surface area (Å²) >= 11 is 5.06. The van der Waals surface area contributed by atoms with Crippen molar-refractivity contribution in [1.82, 2.24) is 10.2 Å². The molecule has 1 aliphatic rings. The van der Waals surface area contributed by atoms with Crippen molar-refractivity contribution < 1.29 is 9.59 Å². The van der Waals surface area contributed by atoms with Gasteiger partial charge in [0.25, 0.3) is 0 Å². The molecular weight excluding hydrogens is 484 g/mol. The molecule has 0 unspecified atom stereocenters. The van der Waals surface area contributed by atoms with E-state index in [1.165, 1.54) is 17.5 Å². The number of amides is 2. The number of nitrogens with zero attached hydrogens (tertiary/aromatic N) is 1. The minimum absolute atomic E-state index is 0.00290. The second kappa shape index (κ2) is 12.4. The molecule has 1 fully saturated rings. The van der Waals surface area contributed by atoms with Gasteiger partial charge in [0.1, 0.15) is 6.04 Å². The summed E-state index contributed by atoms with van der Waals surface area (Å²) in [5.74, 6) is 1.08. The van der Waals surface area contributed by atoms with Crippen LogP contribution in [0.25, 0.3) is 0 Å². The average molecular weight is 518 g/mol. The largest absolute Gasteiger partial charge is 0.352 e. The van der Waals surface area contributed by atoms with Crippen LogP contribution in [0.2, 0.25) is 0 Å². The van der Waals surface area contributed by atoms with Crippen molar-refractivity contribution in [3.8, 4) is 0 Å². The van der Waals surface area contributed by atoms with E-state index in [1.807, 2.05) is 37.3 Å². The Labute approximate surface area is 204 Å². The van der Waals surface area contributed by atoms with Crippen molar-refractivity contribution in [2.24, 2.45) is 0 Å². The lowest BCUT2D eigenvalue weighted by Gasteiger charge is -2.31. The van der Waals surface area contributed by atoms with Crippen molar-refractivity contribution in [2.75, 3.05) is 5.75 Å². The number of aryl methyl sites for hydroxylation is 1. The number of halogens is 1. The molecule has 4 nitrogen and oxygen atoms in total. The monoisotopic (exact) mass is 516 g/mol. The summed E-state index contributed by atoms with van der Waals surface area (Å²) in [5, 5.41) is 3.19. The molecule has 0 spiro atoms. The molecule has 1 N–H and O–H groups in total. The van der Waals surface area contributed by atoms with Crippen molar-refractivity contribution in [2.45, 2.75) is 70.3 Å². The first kappa shape index (κ1) is 24.8. The fourth-order valence-electron chi connectivity index (χ4n) is 4.08. The van der Waals surface area contributed by atoms with Gasteiger partial charge >= 0.3 is 0 Å². The van der Waals surface area contributed by atoms with E-state index in [9.17, 15) is 9.59 Å². The van der Waals surface area contributed by atoms with E-state index in [0.717, 1.165) is 41.5 Å². The van der Waals surface area contributed by atoms with E-state index in [4.69, 9.17) is 0 Å². The summed E-state index contributed by atoms with van der Waals surface area (Å²) in [6, 6.07) is 16.0. The van der Waals surface area contributed by atoms with Gasteiger partial charge in [-0.15, -0.1) is 11.8 Å². The van der Waals surface area contributed by atoms with Crippen LogP contribution in [0.15, 0.2) is 53.0 Å². The zero-order chi connectivity index (χ0) is 22.9. The Morgan fingerprint density at radius 2 is 1.81 bits per heavy atom. The average Bonchev–Trinajstić information content (AvgIpc) is 2.79. The van der Waals surface area contributed by atoms with E-state index >= 15 is 0 Å². The van der Waals surface area contributed by atoms with Crippen LogP contribution in [0.5, 0.6) is 0 Å². The topological polar surface area (TPSA) is 49.4 Å². The SMILES string of the molecule is Cc1cccc(CSCC(=O)N(Cc2ccc(Br)cc2)[C@H](C)C(=O)NC2CCCCC2)c1. The Bertz CT molecular complexity index is 897. The number of nitrogens with one attached hydrogen (secondary N) is 1. The van der Waals surface area contributed by atoms with Gasteiger partial charge in [-0.25, -0.2) is 0 Å². The molecule has 0 aliphatic heterocycles. The van der Waals surface area contributed by atoms with Crippen molar-refractivity contribution in [3.63, 3.8) is 0 Å². The van der Waals surface area contributed by atoms with Gasteiger partial charge in [-0.05, 0) is 49.9 Å². The third-order valence-corrected chi connectivity index (χ3v) is 7.48. The number of rotatable bonds is 9. The minimum atomic E-state index is -0.507. The number of hydrogen-bond donors (Lipinski definition) is 1. The molecule has 0 saturated heterocycles. The molecule has 2 amide bonds. The number of hydrogen-bond acceptors (Lipinski definition) is 3. The normalized spacial score (nSPS) is 15.2. The molecule has 0 radical (unpaired) electrons. The zero-order valence-electron chi connectivity index (χ0n) is 19.0. The molecule has 0 heterocycles. The molecule has 1 atom stereocenters. The Morgan fingerprint density at radius 3 is 2.50 bits per heavy atom. The van der Waals surface area contributed by atoms with Gasteiger partial charge < -0.3 is 10.2 Å². The fraction of sp³-hybridized carbons (Fsp3) is 0.462. The molecule has 1 saturated carbocycles. The maximum Gasteiger partial charge on any atom is 0.242 e. The van der Waals surface area contributed by atoms with Crippen LogP contribution in [0.1, 0.15) is 55.7 Å². The second-order valence-electron chi connectivity index (χ2n) is 8.65. The van der Waals surface area contributed by atoms with Gasteiger partial charge in [0, 0.05) is 22.8 Å². The van der Waals surface area contributed by atoms with Gasteiger partial charge in [0.15, 0.2) is 0 Å². The van der Waals surface area contributed by atoms with E-state index in [0.29, 0.717) is 12.3 Å². The summed E-state index contributed by atoms with van der Waals surface area (Å²) in [7, 11) is 0. The van der Waals surface area contributed by atoms with Crippen LogP contribution in [0.3, 0.4) is 0 Å². The lowest BCUT2D eigenvalue weighted by molar-refractivity contribution is -0.139. The van der Waals surface area contributed by atoms with Crippen LogP contribution in [0.4, 0.5) is 0 Å². The quantitative estimate of drug-likeness (QED) is 0.454. The summed E-state index contributed by atoms with van der Waals surface area (Å²) in [5.41, 5.74) is 3.45. The lowest BCUT2D eigenvalue weighted by Crippen LogP contribution is -2.50. The molecule has 2 aromatic rings. The second-order valence-corrected chi connectivity index (χ2v) is 10.6. The van der Waals surface area contributed by atoms with Gasteiger partial charge in [-0.1, -0.05) is 77.2 Å². The van der Waals surface area contributed by atoms with Crippen LogP contribution in [-0.2, 0) is 21.9 Å². The number of carbonyl (C=O) groups excluding carboxylic acids is 2. The third kappa shape index (κ3) is 7.66. The Balaban J connectivity index is 1.64. The number of thioether (sulfide) groups is 1. The highest BCUT2D eigenvalue weighted by Crippen LogP contribution is 2.20. The van der Waals surface area contributed by atoms with Crippen LogP contribution >= 0.6 is 27.7 Å². The number of carbonyl (C=O) groups is 2. The third-order valence-electron chi connectivity index (χ3n) is 5.96. The predicted molar refractivity (Wildman–Crippen MR) is 137 cm³/mol. The van der Waals surface area contributed by atoms with E-state index in [1.54, 1.807) is 16.7 Å². The predicted octanol–water partition coefficient (Wildman–Crippen LogP) is 5.86. The first-order chi connectivity index (χ1) is 15.4. The minimum Gasteiger partial charge on any atom is -0.352 e. The molecule has 0 bridgehead atoms. The fourth-order valence-corrected chi connectivity index (χ4v) is 5.20. The molecule has 0 aromatic heterocycles. The van der Waals surface area contributed by atoms with Crippen LogP contribution in [0, 0.1) is 6.92 Å². The van der Waals surface area contributed by atoms with Crippen LogP contribution in [-0.4, -0.2) is 34.6 Å². The van der Waals surface area contributed by atoms with E-state index in [2.05, 4.69) is 46.4 Å². The first-order valence-corrected chi connectivity index (χ1v) is 13.3. The molecule has 1 aliphatic carbocycles. The van der Waals surface area contributed by atoms with Gasteiger partial charge in [-0.2, -0.15) is 0 Å². The molecule has 2 aromatic carbocycles. The van der Waals surface area contributed by atoms with Gasteiger partial charge in [-0.3, -0.25) is 9.59 Å². The molecule has 172 valence electrons. The molecule has 3 rings (SSSR count). The summed E-state index contributed by atoms with van der Waals surface area (Å²) < 4.78 is 0.996. The van der Waals surface area contributed by atoms with Crippen molar-refractivity contribution >= 4 is 39.5 Å². The van der Waals surface area contributed by atoms with Crippen molar-refractivity contribution in [1.29, 1.82) is 0 Å². The van der Waals surface area contributed by atoms with E-state index < -0.39 is 6.04 Å². The maximum atomic E-state index is 13.2. The summed E-state index contributed by atoms with van der Waals surface area (Å²) in [4.78, 5) is 28.0. The maximum absolute atomic E-state index is 13.2. The van der Waals surface area contributed by atoms with Gasteiger partial charge in [0.2, 0.25) is 11.8 Å². The van der Waals surface area contributed by atoms with Gasteiger partial charge in [0.05, 0.1) is 5.75 Å². The molecule has 32 heavy (non-hydrogen) atoms. The Hall–Kier alpha value is -1.79. The zero-order valence-corrected chi connectivity index (χ0v) is 21.4. The Kier molecular flexibility index (Phi) is 9.67. The highest BCUT2D eigenvalue weighted by Gasteiger charge is 2.28. The lowest BCUT2D eigenvalue weighted by atomic mass is 9.95. The Morgan fingerprint density at radius 1 is 1.09 bits per heavy atom. The molecular formula is C26H33BrN2O2S. The molecule has 6 heteroatoms. The van der Waals surface area contributed by atoms with Crippen LogP contribution < -0.4 is 5.32 Å².